The predicted octanol–water partition coefficient (Wildman–Crippen LogP) is 3.25. The molecule has 5 heteroatoms. The van der Waals surface area contributed by atoms with E-state index < -0.39 is 24.1 Å². The Morgan fingerprint density at radius 1 is 1.28 bits per heavy atom. The summed E-state index contributed by atoms with van der Waals surface area (Å²) < 4.78 is 0. The van der Waals surface area contributed by atoms with Crippen molar-refractivity contribution in [1.82, 2.24) is 0 Å². The fraction of sp³-hybridized carbons (Fsp3) is 0.700. The molecule has 1 saturated carbocycles. The van der Waals surface area contributed by atoms with Crippen molar-refractivity contribution in [2.24, 2.45) is 11.8 Å². The summed E-state index contributed by atoms with van der Waals surface area (Å²) in [4.78, 5) is 22.7. The van der Waals surface area contributed by atoms with Gasteiger partial charge in [-0.2, -0.15) is 0 Å². The van der Waals surface area contributed by atoms with Crippen LogP contribution in [0.5, 0.6) is 0 Å². The molecule has 0 amide bonds. The monoisotopic (exact) mass is 352 g/mol. The topological polar surface area (TPSA) is 94.8 Å². The lowest BCUT2D eigenvalue weighted by Crippen LogP contribution is -2.20. The maximum Gasteiger partial charge on any atom is 0.303 e. The minimum Gasteiger partial charge on any atom is -0.481 e. The van der Waals surface area contributed by atoms with Crippen LogP contribution in [0, 0.1) is 11.8 Å². The third-order valence-corrected chi connectivity index (χ3v) is 4.72. The molecule has 1 aliphatic carbocycles. The predicted molar refractivity (Wildman–Crippen MR) is 97.1 cm³/mol. The highest BCUT2D eigenvalue weighted by atomic mass is 16.4. The molecule has 25 heavy (non-hydrogen) atoms. The van der Waals surface area contributed by atoms with Crippen LogP contribution in [0.15, 0.2) is 24.3 Å². The molecule has 5 nitrogen and oxygen atoms in total. The van der Waals surface area contributed by atoms with Crippen molar-refractivity contribution in [2.75, 3.05) is 0 Å². The van der Waals surface area contributed by atoms with E-state index in [1.807, 2.05) is 6.08 Å². The summed E-state index contributed by atoms with van der Waals surface area (Å²) >= 11 is 0. The average Bonchev–Trinajstić information content (AvgIpc) is 2.82. The number of aliphatic hydroxyl groups is 2. The third kappa shape index (κ3) is 8.45. The van der Waals surface area contributed by atoms with Gasteiger partial charge in [-0.3, -0.25) is 9.59 Å². The third-order valence-electron chi connectivity index (χ3n) is 4.72. The van der Waals surface area contributed by atoms with Crippen molar-refractivity contribution >= 4 is 11.8 Å². The summed E-state index contributed by atoms with van der Waals surface area (Å²) in [6, 6.07) is 0. The second-order valence-electron chi connectivity index (χ2n) is 6.87. The van der Waals surface area contributed by atoms with Gasteiger partial charge in [0.25, 0.3) is 0 Å². The Kier molecular flexibility index (Phi) is 10.3. The first kappa shape index (κ1) is 21.6. The molecule has 0 heterocycles. The number of aliphatic hydroxyl groups excluding tert-OH is 2. The van der Waals surface area contributed by atoms with Gasteiger partial charge in [0.15, 0.2) is 0 Å². The molecule has 0 unspecified atom stereocenters. The highest BCUT2D eigenvalue weighted by Crippen LogP contribution is 2.34. The van der Waals surface area contributed by atoms with E-state index in [0.29, 0.717) is 19.3 Å². The molecule has 0 saturated heterocycles. The number of ketones is 1. The number of rotatable bonds is 12. The highest BCUT2D eigenvalue weighted by Gasteiger charge is 2.39. The molecule has 0 bridgehead atoms. The van der Waals surface area contributed by atoms with Gasteiger partial charge in [0, 0.05) is 18.8 Å². The van der Waals surface area contributed by atoms with Crippen molar-refractivity contribution in [3.05, 3.63) is 24.3 Å². The number of Topliss-reactive ketones (excluding diaryl/α,β-unsaturated/α-hetero) is 1. The van der Waals surface area contributed by atoms with Crippen LogP contribution in [0.4, 0.5) is 0 Å². The Morgan fingerprint density at radius 2 is 2.04 bits per heavy atom. The number of unbranched alkanes of at least 4 members (excludes halogenated alkanes) is 3. The zero-order valence-electron chi connectivity index (χ0n) is 15.1. The number of carboxylic acid groups (broad SMARTS) is 1. The minimum absolute atomic E-state index is 0.0358. The largest absolute Gasteiger partial charge is 0.481 e. The number of hydrogen-bond donors (Lipinski definition) is 3. The van der Waals surface area contributed by atoms with Crippen molar-refractivity contribution in [3.8, 4) is 0 Å². The zero-order valence-corrected chi connectivity index (χ0v) is 15.1. The molecular formula is C20H32O5. The molecule has 0 aromatic heterocycles. The van der Waals surface area contributed by atoms with E-state index in [1.54, 1.807) is 12.2 Å². The van der Waals surface area contributed by atoms with Gasteiger partial charge in [-0.15, -0.1) is 0 Å². The second kappa shape index (κ2) is 12.0. The summed E-state index contributed by atoms with van der Waals surface area (Å²) in [6.07, 6.45) is 12.2. The molecule has 1 aliphatic rings. The number of carbonyl (C=O) groups is 2. The maximum atomic E-state index is 12.0. The zero-order chi connectivity index (χ0) is 18.7. The molecule has 0 aliphatic heterocycles. The van der Waals surface area contributed by atoms with Gasteiger partial charge < -0.3 is 15.3 Å². The van der Waals surface area contributed by atoms with Gasteiger partial charge in [0.1, 0.15) is 5.78 Å². The van der Waals surface area contributed by atoms with E-state index >= 15 is 0 Å². The van der Waals surface area contributed by atoms with Crippen molar-refractivity contribution < 1.29 is 24.9 Å². The van der Waals surface area contributed by atoms with Crippen molar-refractivity contribution in [1.29, 1.82) is 0 Å². The molecule has 0 aromatic carbocycles. The van der Waals surface area contributed by atoms with Crippen LogP contribution in [0.1, 0.15) is 64.7 Å². The van der Waals surface area contributed by atoms with E-state index in [4.69, 9.17) is 5.11 Å². The number of hydrogen-bond acceptors (Lipinski definition) is 4. The molecular weight excluding hydrogens is 320 g/mol. The van der Waals surface area contributed by atoms with Gasteiger partial charge in [-0.05, 0) is 38.0 Å². The summed E-state index contributed by atoms with van der Waals surface area (Å²) in [5, 5.41) is 28.8. The molecule has 142 valence electrons. The fourth-order valence-corrected chi connectivity index (χ4v) is 3.27. The second-order valence-corrected chi connectivity index (χ2v) is 6.87. The molecule has 0 spiro atoms. The van der Waals surface area contributed by atoms with Crippen molar-refractivity contribution in [3.63, 3.8) is 0 Å². The van der Waals surface area contributed by atoms with E-state index in [9.17, 15) is 19.8 Å². The lowest BCUT2D eigenvalue weighted by atomic mass is 9.88. The van der Waals surface area contributed by atoms with Gasteiger partial charge in [-0.1, -0.05) is 44.1 Å². The summed E-state index contributed by atoms with van der Waals surface area (Å²) in [7, 11) is 0. The first-order valence-corrected chi connectivity index (χ1v) is 9.39. The quantitative estimate of drug-likeness (QED) is 0.370. The van der Waals surface area contributed by atoms with Crippen LogP contribution in [0.3, 0.4) is 0 Å². The number of aliphatic carboxylic acids is 1. The van der Waals surface area contributed by atoms with E-state index in [0.717, 1.165) is 12.8 Å². The fourth-order valence-electron chi connectivity index (χ4n) is 3.27. The Morgan fingerprint density at radius 3 is 2.72 bits per heavy atom. The van der Waals surface area contributed by atoms with E-state index in [-0.39, 0.29) is 24.5 Å². The minimum atomic E-state index is -0.868. The normalized spacial score (nSPS) is 25.2. The smallest absolute Gasteiger partial charge is 0.303 e. The summed E-state index contributed by atoms with van der Waals surface area (Å²) in [6.45, 7) is 2.16. The lowest BCUT2D eigenvalue weighted by molar-refractivity contribution is -0.137. The first-order chi connectivity index (χ1) is 12.0. The molecule has 1 rings (SSSR count). The van der Waals surface area contributed by atoms with Crippen LogP contribution in [0.2, 0.25) is 0 Å². The maximum absolute atomic E-state index is 12.0. The number of carboxylic acids is 1. The highest BCUT2D eigenvalue weighted by molar-refractivity contribution is 5.86. The Balaban J connectivity index is 2.45. The molecule has 1 fully saturated rings. The Hall–Kier alpha value is -1.46. The molecule has 3 N–H and O–H groups in total. The molecule has 0 aromatic rings. The first-order valence-electron chi connectivity index (χ1n) is 9.39. The van der Waals surface area contributed by atoms with Gasteiger partial charge in [0.05, 0.1) is 12.2 Å². The van der Waals surface area contributed by atoms with E-state index in [1.165, 1.54) is 12.8 Å². The van der Waals surface area contributed by atoms with Gasteiger partial charge in [0.2, 0.25) is 0 Å². The standard InChI is InChI=1S/C20H32O5/c1-2-3-4-5-6-7-9-15(21)12-13-17-16(10-8-11-20(24)25)18(22)14-19(17)23/h6-7,12-13,15-18,21-22H,2-5,8-11,14H2,1H3,(H,24,25)/b7-6-,13-12+/t15-,16+,17-,18-/m0/s1. The van der Waals surface area contributed by atoms with E-state index in [2.05, 4.69) is 13.0 Å². The Labute approximate surface area is 150 Å². The van der Waals surface area contributed by atoms with Crippen LogP contribution >= 0.6 is 0 Å². The summed E-state index contributed by atoms with van der Waals surface area (Å²) in [5.41, 5.74) is 0. The van der Waals surface area contributed by atoms with Gasteiger partial charge >= 0.3 is 5.97 Å². The van der Waals surface area contributed by atoms with Crippen molar-refractivity contribution in [2.45, 2.75) is 76.9 Å². The van der Waals surface area contributed by atoms with Crippen LogP contribution < -0.4 is 0 Å². The van der Waals surface area contributed by atoms with Crippen LogP contribution in [-0.2, 0) is 9.59 Å². The lowest BCUT2D eigenvalue weighted by Gasteiger charge is -2.18. The Bertz CT molecular complexity index is 469. The van der Waals surface area contributed by atoms with Gasteiger partial charge in [-0.25, -0.2) is 0 Å². The van der Waals surface area contributed by atoms with Crippen LogP contribution in [0.25, 0.3) is 0 Å². The molecule has 0 radical (unpaired) electrons. The number of allylic oxidation sites excluding steroid dienone is 2. The average molecular weight is 352 g/mol. The number of carbonyl (C=O) groups excluding carboxylic acids is 1. The summed E-state index contributed by atoms with van der Waals surface area (Å²) in [5.74, 6) is -1.58. The van der Waals surface area contributed by atoms with Crippen LogP contribution in [-0.4, -0.2) is 39.3 Å². The molecule has 4 atom stereocenters. The SMILES string of the molecule is CCCCC/C=C\C[C@H](O)/C=C/[C@@H]1C(=O)C[C@H](O)[C@@H]1CCCC(=O)O.